The smallest absolute Gasteiger partial charge is 0.160 e. The zero-order valence-electron chi connectivity index (χ0n) is 12.1. The second-order valence-corrected chi connectivity index (χ2v) is 5.48. The summed E-state index contributed by atoms with van der Waals surface area (Å²) < 4.78 is 26.1. The molecule has 0 unspecified atom stereocenters. The molecule has 2 nitrogen and oxygen atoms in total. The van der Waals surface area contributed by atoms with Crippen molar-refractivity contribution in [1.29, 1.82) is 0 Å². The van der Waals surface area contributed by atoms with Crippen molar-refractivity contribution < 1.29 is 8.78 Å². The number of hydrogen-bond donors (Lipinski definition) is 1. The number of benzene rings is 1. The van der Waals surface area contributed by atoms with E-state index in [0.29, 0.717) is 11.7 Å². The Balaban J connectivity index is 1.93. The number of nitrogens with zero attached hydrogens (tertiary/aromatic N) is 1. The van der Waals surface area contributed by atoms with Gasteiger partial charge in [-0.3, -0.25) is 4.90 Å². The Hall–Kier alpha value is -1.42. The lowest BCUT2D eigenvalue weighted by molar-refractivity contribution is 0.232. The van der Waals surface area contributed by atoms with Gasteiger partial charge in [-0.15, -0.1) is 0 Å². The molecular weight excluding hydrogens is 258 g/mol. The van der Waals surface area contributed by atoms with Gasteiger partial charge in [0.25, 0.3) is 0 Å². The van der Waals surface area contributed by atoms with Crippen molar-refractivity contribution in [3.8, 4) is 0 Å². The standard InChI is InChI=1S/C16H22F2N2/c1-3-12(2)10-20-8-4-5-14(11-20)19-13-6-7-15(17)16(18)9-13/h3,6-7,9,14,19H,4-5,8,10-11H2,1-2H3/b12-3+/t14-/m1/s1. The lowest BCUT2D eigenvalue weighted by atomic mass is 10.0. The summed E-state index contributed by atoms with van der Waals surface area (Å²) in [6.07, 6.45) is 4.31. The summed E-state index contributed by atoms with van der Waals surface area (Å²) in [5, 5.41) is 3.30. The fraction of sp³-hybridized carbons (Fsp3) is 0.500. The fourth-order valence-corrected chi connectivity index (χ4v) is 2.58. The molecule has 0 spiro atoms. The maximum atomic E-state index is 13.2. The summed E-state index contributed by atoms with van der Waals surface area (Å²) >= 11 is 0. The highest BCUT2D eigenvalue weighted by Gasteiger charge is 2.19. The summed E-state index contributed by atoms with van der Waals surface area (Å²) in [7, 11) is 0. The first-order valence-corrected chi connectivity index (χ1v) is 7.14. The number of halogens is 2. The van der Waals surface area contributed by atoms with Crippen LogP contribution in [0.5, 0.6) is 0 Å². The van der Waals surface area contributed by atoms with E-state index in [9.17, 15) is 8.78 Å². The van der Waals surface area contributed by atoms with Crippen LogP contribution in [-0.2, 0) is 0 Å². The van der Waals surface area contributed by atoms with E-state index in [-0.39, 0.29) is 0 Å². The number of hydrogen-bond acceptors (Lipinski definition) is 2. The maximum absolute atomic E-state index is 13.2. The first-order chi connectivity index (χ1) is 9.58. The van der Waals surface area contributed by atoms with Crippen LogP contribution in [0.1, 0.15) is 26.7 Å². The van der Waals surface area contributed by atoms with Gasteiger partial charge in [-0.25, -0.2) is 8.78 Å². The zero-order chi connectivity index (χ0) is 14.5. The third-order valence-corrected chi connectivity index (χ3v) is 3.76. The van der Waals surface area contributed by atoms with Crippen molar-refractivity contribution in [2.45, 2.75) is 32.7 Å². The topological polar surface area (TPSA) is 15.3 Å². The molecule has 2 rings (SSSR count). The van der Waals surface area contributed by atoms with Gasteiger partial charge in [0.15, 0.2) is 11.6 Å². The largest absolute Gasteiger partial charge is 0.381 e. The minimum Gasteiger partial charge on any atom is -0.381 e. The Labute approximate surface area is 119 Å². The number of nitrogens with one attached hydrogen (secondary N) is 1. The molecule has 0 bridgehead atoms. The van der Waals surface area contributed by atoms with Crippen molar-refractivity contribution in [1.82, 2.24) is 4.90 Å². The van der Waals surface area contributed by atoms with E-state index in [1.54, 1.807) is 6.07 Å². The van der Waals surface area contributed by atoms with Crippen LogP contribution in [0.25, 0.3) is 0 Å². The van der Waals surface area contributed by atoms with E-state index >= 15 is 0 Å². The van der Waals surface area contributed by atoms with E-state index in [4.69, 9.17) is 0 Å². The normalized spacial score (nSPS) is 21.0. The first-order valence-electron chi connectivity index (χ1n) is 7.14. The van der Waals surface area contributed by atoms with Crippen LogP contribution in [0.4, 0.5) is 14.5 Å². The van der Waals surface area contributed by atoms with Crippen LogP contribution in [0.15, 0.2) is 29.8 Å². The average molecular weight is 280 g/mol. The van der Waals surface area contributed by atoms with Crippen molar-refractivity contribution in [2.24, 2.45) is 0 Å². The lowest BCUT2D eigenvalue weighted by Crippen LogP contribution is -2.42. The highest BCUT2D eigenvalue weighted by atomic mass is 19.2. The van der Waals surface area contributed by atoms with Gasteiger partial charge in [-0.1, -0.05) is 11.6 Å². The highest BCUT2D eigenvalue weighted by molar-refractivity contribution is 5.44. The Bertz CT molecular complexity index is 485. The third kappa shape index (κ3) is 4.04. The summed E-state index contributed by atoms with van der Waals surface area (Å²) in [4.78, 5) is 2.40. The van der Waals surface area contributed by atoms with Gasteiger partial charge < -0.3 is 5.32 Å². The number of anilines is 1. The van der Waals surface area contributed by atoms with Gasteiger partial charge in [-0.05, 0) is 45.4 Å². The molecule has 1 aliphatic heterocycles. The first kappa shape index (κ1) is 15.0. The molecule has 1 N–H and O–H groups in total. The number of allylic oxidation sites excluding steroid dienone is 1. The van der Waals surface area contributed by atoms with Gasteiger partial charge in [0.05, 0.1) is 0 Å². The zero-order valence-corrected chi connectivity index (χ0v) is 12.1. The fourth-order valence-electron chi connectivity index (χ4n) is 2.58. The van der Waals surface area contributed by atoms with Crippen molar-refractivity contribution in [2.75, 3.05) is 25.0 Å². The summed E-state index contributed by atoms with van der Waals surface area (Å²) in [6, 6.07) is 4.28. The Morgan fingerprint density at radius 3 is 2.90 bits per heavy atom. The molecule has 4 heteroatoms. The van der Waals surface area contributed by atoms with Crippen LogP contribution in [-0.4, -0.2) is 30.6 Å². The van der Waals surface area contributed by atoms with E-state index in [2.05, 4.69) is 30.1 Å². The number of piperidine rings is 1. The number of likely N-dealkylation sites (tertiary alicyclic amines) is 1. The molecule has 1 aliphatic rings. The quantitative estimate of drug-likeness (QED) is 0.844. The number of rotatable bonds is 4. The molecule has 0 aromatic heterocycles. The maximum Gasteiger partial charge on any atom is 0.160 e. The van der Waals surface area contributed by atoms with Crippen molar-refractivity contribution in [3.63, 3.8) is 0 Å². The minimum absolute atomic E-state index is 0.290. The molecule has 1 aromatic rings. The van der Waals surface area contributed by atoms with Gasteiger partial charge in [-0.2, -0.15) is 0 Å². The molecule has 1 heterocycles. The molecular formula is C16H22F2N2. The monoisotopic (exact) mass is 280 g/mol. The molecule has 1 saturated heterocycles. The minimum atomic E-state index is -0.801. The Morgan fingerprint density at radius 2 is 2.20 bits per heavy atom. The Morgan fingerprint density at radius 1 is 1.40 bits per heavy atom. The second kappa shape index (κ2) is 6.84. The van der Waals surface area contributed by atoms with Crippen LogP contribution in [0.2, 0.25) is 0 Å². The molecule has 1 aromatic carbocycles. The van der Waals surface area contributed by atoms with Gasteiger partial charge in [0, 0.05) is 30.9 Å². The van der Waals surface area contributed by atoms with E-state index in [1.165, 1.54) is 17.7 Å². The van der Waals surface area contributed by atoms with Crippen molar-refractivity contribution >= 4 is 5.69 Å². The van der Waals surface area contributed by atoms with Crippen molar-refractivity contribution in [3.05, 3.63) is 41.5 Å². The molecule has 0 amide bonds. The molecule has 20 heavy (non-hydrogen) atoms. The molecule has 1 atom stereocenters. The van der Waals surface area contributed by atoms with Crippen LogP contribution in [0, 0.1) is 11.6 Å². The SMILES string of the molecule is C/C=C(\C)CN1CCC[C@@H](Nc2ccc(F)c(F)c2)C1. The van der Waals surface area contributed by atoms with Crippen LogP contribution in [0.3, 0.4) is 0 Å². The lowest BCUT2D eigenvalue weighted by Gasteiger charge is -2.33. The highest BCUT2D eigenvalue weighted by Crippen LogP contribution is 2.19. The second-order valence-electron chi connectivity index (χ2n) is 5.48. The van der Waals surface area contributed by atoms with Crippen LogP contribution < -0.4 is 5.32 Å². The average Bonchev–Trinajstić information content (AvgIpc) is 2.43. The molecule has 0 radical (unpaired) electrons. The van der Waals surface area contributed by atoms with Gasteiger partial charge in [0.1, 0.15) is 0 Å². The van der Waals surface area contributed by atoms with E-state index in [0.717, 1.165) is 32.5 Å². The third-order valence-electron chi connectivity index (χ3n) is 3.76. The predicted molar refractivity (Wildman–Crippen MR) is 78.9 cm³/mol. The van der Waals surface area contributed by atoms with Gasteiger partial charge >= 0.3 is 0 Å². The molecule has 110 valence electrons. The predicted octanol–water partition coefficient (Wildman–Crippen LogP) is 3.81. The summed E-state index contributed by atoms with van der Waals surface area (Å²) in [5.41, 5.74) is 2.01. The molecule has 0 saturated carbocycles. The van der Waals surface area contributed by atoms with E-state index < -0.39 is 11.6 Å². The van der Waals surface area contributed by atoms with Gasteiger partial charge in [0.2, 0.25) is 0 Å². The van der Waals surface area contributed by atoms with E-state index in [1.807, 2.05) is 0 Å². The summed E-state index contributed by atoms with van der Waals surface area (Å²) in [5.74, 6) is -1.60. The Kier molecular flexibility index (Phi) is 5.12. The van der Waals surface area contributed by atoms with Crippen LogP contribution >= 0.6 is 0 Å². The molecule has 1 fully saturated rings. The summed E-state index contributed by atoms with van der Waals surface area (Å²) in [6.45, 7) is 7.19. The molecule has 0 aliphatic carbocycles.